The van der Waals surface area contributed by atoms with Gasteiger partial charge in [0.05, 0.1) is 12.0 Å². The van der Waals surface area contributed by atoms with E-state index >= 15 is 0 Å². The average molecular weight is 280 g/mol. The minimum Gasteiger partial charge on any atom is -0.394 e. The highest BCUT2D eigenvalue weighted by Gasteiger charge is 2.43. The van der Waals surface area contributed by atoms with Crippen molar-refractivity contribution in [3.63, 3.8) is 0 Å². The van der Waals surface area contributed by atoms with Gasteiger partial charge in [-0.3, -0.25) is 0 Å². The fourth-order valence-electron chi connectivity index (χ4n) is 2.49. The second-order valence-corrected chi connectivity index (χ2v) is 4.66. The Morgan fingerprint density at radius 3 is 2.80 bits per heavy atom. The number of anilines is 1. The molecule has 20 heavy (non-hydrogen) atoms. The average Bonchev–Trinajstić information content (AvgIpc) is 3.01. The molecule has 0 radical (unpaired) electrons. The molecule has 8 heteroatoms. The van der Waals surface area contributed by atoms with E-state index in [4.69, 9.17) is 9.84 Å². The van der Waals surface area contributed by atoms with Crippen LogP contribution in [-0.2, 0) is 4.74 Å². The van der Waals surface area contributed by atoms with Gasteiger partial charge < -0.3 is 29.9 Å². The Morgan fingerprint density at radius 1 is 1.35 bits per heavy atom. The second-order valence-electron chi connectivity index (χ2n) is 4.66. The van der Waals surface area contributed by atoms with Crippen molar-refractivity contribution in [2.75, 3.05) is 19.0 Å². The van der Waals surface area contributed by atoms with Crippen molar-refractivity contribution >= 4 is 16.9 Å². The zero-order valence-electron chi connectivity index (χ0n) is 10.8. The van der Waals surface area contributed by atoms with E-state index in [9.17, 15) is 10.2 Å². The first kappa shape index (κ1) is 13.3. The SMILES string of the molecule is CNc1ncnc2c1ccn2[C@@H]1O[C@H](CO)[C@@H](O)C1O. The van der Waals surface area contributed by atoms with Gasteiger partial charge in [-0.15, -0.1) is 0 Å². The summed E-state index contributed by atoms with van der Waals surface area (Å²) < 4.78 is 7.12. The van der Waals surface area contributed by atoms with Gasteiger partial charge in [0.25, 0.3) is 0 Å². The van der Waals surface area contributed by atoms with E-state index in [-0.39, 0.29) is 6.61 Å². The highest BCUT2D eigenvalue weighted by molar-refractivity contribution is 5.87. The number of hydrogen-bond acceptors (Lipinski definition) is 7. The molecule has 2 aromatic rings. The van der Waals surface area contributed by atoms with Crippen LogP contribution in [0.2, 0.25) is 0 Å². The van der Waals surface area contributed by atoms with Gasteiger partial charge in [-0.05, 0) is 6.07 Å². The summed E-state index contributed by atoms with van der Waals surface area (Å²) in [4.78, 5) is 8.28. The summed E-state index contributed by atoms with van der Waals surface area (Å²) in [6, 6.07) is 1.80. The molecular formula is C12H16N4O4. The molecule has 4 atom stereocenters. The van der Waals surface area contributed by atoms with Crippen LogP contribution in [0.3, 0.4) is 0 Å². The molecule has 0 saturated carbocycles. The van der Waals surface area contributed by atoms with Crippen molar-refractivity contribution in [1.82, 2.24) is 14.5 Å². The summed E-state index contributed by atoms with van der Waals surface area (Å²) >= 11 is 0. The monoisotopic (exact) mass is 280 g/mol. The maximum atomic E-state index is 10.1. The molecule has 2 aromatic heterocycles. The van der Waals surface area contributed by atoms with Gasteiger partial charge in [0.1, 0.15) is 36.1 Å². The highest BCUT2D eigenvalue weighted by atomic mass is 16.6. The summed E-state index contributed by atoms with van der Waals surface area (Å²) in [5.41, 5.74) is 0.583. The predicted octanol–water partition coefficient (Wildman–Crippen LogP) is -0.916. The maximum Gasteiger partial charge on any atom is 0.164 e. The van der Waals surface area contributed by atoms with Crippen LogP contribution in [0.15, 0.2) is 18.6 Å². The Bertz CT molecular complexity index is 617. The minimum atomic E-state index is -1.13. The standard InChI is InChI=1S/C12H16N4O4/c1-13-10-6-2-3-16(11(6)15-5-14-10)12-9(19)8(18)7(4-17)20-12/h2-3,5,7-9,12,17-19H,4H2,1H3,(H,13,14,15)/t7-,8-,9?,12-/m1/s1. The van der Waals surface area contributed by atoms with Crippen LogP contribution >= 0.6 is 0 Å². The molecule has 3 heterocycles. The second kappa shape index (κ2) is 4.98. The Labute approximate surface area is 114 Å². The molecule has 0 spiro atoms. The number of aliphatic hydroxyl groups excluding tert-OH is 3. The van der Waals surface area contributed by atoms with Gasteiger partial charge in [-0.2, -0.15) is 0 Å². The van der Waals surface area contributed by atoms with E-state index in [1.807, 2.05) is 0 Å². The third kappa shape index (κ3) is 1.85. The quantitative estimate of drug-likeness (QED) is 0.575. The molecule has 1 unspecified atom stereocenters. The van der Waals surface area contributed by atoms with Gasteiger partial charge in [-0.25, -0.2) is 9.97 Å². The third-order valence-corrected chi connectivity index (χ3v) is 3.54. The van der Waals surface area contributed by atoms with E-state index in [2.05, 4.69) is 15.3 Å². The summed E-state index contributed by atoms with van der Waals surface area (Å²) in [6.45, 7) is -0.356. The van der Waals surface area contributed by atoms with Crippen molar-refractivity contribution in [2.24, 2.45) is 0 Å². The van der Waals surface area contributed by atoms with Crippen LogP contribution in [0, 0.1) is 0 Å². The lowest BCUT2D eigenvalue weighted by molar-refractivity contribution is -0.0508. The van der Waals surface area contributed by atoms with Crippen LogP contribution in [0.4, 0.5) is 5.82 Å². The molecule has 1 aliphatic heterocycles. The first-order valence-electron chi connectivity index (χ1n) is 6.29. The lowest BCUT2D eigenvalue weighted by Gasteiger charge is -2.17. The number of rotatable bonds is 3. The van der Waals surface area contributed by atoms with Gasteiger partial charge >= 0.3 is 0 Å². The van der Waals surface area contributed by atoms with E-state index < -0.39 is 24.5 Å². The van der Waals surface area contributed by atoms with Gasteiger partial charge in [0.2, 0.25) is 0 Å². The van der Waals surface area contributed by atoms with Gasteiger partial charge in [0.15, 0.2) is 6.23 Å². The zero-order chi connectivity index (χ0) is 14.3. The van der Waals surface area contributed by atoms with Crippen LogP contribution in [0.25, 0.3) is 11.0 Å². The molecule has 1 fully saturated rings. The lowest BCUT2D eigenvalue weighted by atomic mass is 10.1. The van der Waals surface area contributed by atoms with Crippen LogP contribution < -0.4 is 5.32 Å². The first-order chi connectivity index (χ1) is 9.67. The third-order valence-electron chi connectivity index (χ3n) is 3.54. The van der Waals surface area contributed by atoms with Crippen molar-refractivity contribution in [1.29, 1.82) is 0 Å². The van der Waals surface area contributed by atoms with Gasteiger partial charge in [0, 0.05) is 13.2 Å². The van der Waals surface area contributed by atoms with Crippen LogP contribution in [0.5, 0.6) is 0 Å². The van der Waals surface area contributed by atoms with E-state index in [1.165, 1.54) is 6.33 Å². The number of nitrogens with zero attached hydrogens (tertiary/aromatic N) is 3. The molecular weight excluding hydrogens is 264 g/mol. The Hall–Kier alpha value is -1.74. The molecule has 0 aliphatic carbocycles. The van der Waals surface area contributed by atoms with E-state index in [1.54, 1.807) is 23.9 Å². The Kier molecular flexibility index (Phi) is 3.30. The molecule has 4 N–H and O–H groups in total. The fraction of sp³-hybridized carbons (Fsp3) is 0.500. The van der Waals surface area contributed by atoms with Crippen molar-refractivity contribution in [2.45, 2.75) is 24.5 Å². The summed E-state index contributed by atoms with van der Waals surface area (Å²) in [7, 11) is 1.76. The van der Waals surface area contributed by atoms with Crippen molar-refractivity contribution in [3.8, 4) is 0 Å². The number of aromatic nitrogens is 3. The van der Waals surface area contributed by atoms with Crippen molar-refractivity contribution < 1.29 is 20.1 Å². The van der Waals surface area contributed by atoms with E-state index in [0.29, 0.717) is 11.5 Å². The van der Waals surface area contributed by atoms with Crippen molar-refractivity contribution in [3.05, 3.63) is 18.6 Å². The summed E-state index contributed by atoms with van der Waals surface area (Å²) in [6.07, 6.45) is -0.743. The molecule has 8 nitrogen and oxygen atoms in total. The normalized spacial score (nSPS) is 30.0. The smallest absolute Gasteiger partial charge is 0.164 e. The number of ether oxygens (including phenoxy) is 1. The first-order valence-corrected chi connectivity index (χ1v) is 6.29. The molecule has 108 valence electrons. The largest absolute Gasteiger partial charge is 0.394 e. The Balaban J connectivity index is 2.03. The lowest BCUT2D eigenvalue weighted by Crippen LogP contribution is -2.33. The van der Waals surface area contributed by atoms with Gasteiger partial charge in [-0.1, -0.05) is 0 Å². The predicted molar refractivity (Wildman–Crippen MR) is 70.1 cm³/mol. The number of hydrogen-bond donors (Lipinski definition) is 4. The number of aliphatic hydroxyl groups is 3. The molecule has 1 aliphatic rings. The Morgan fingerprint density at radius 2 is 2.15 bits per heavy atom. The zero-order valence-corrected chi connectivity index (χ0v) is 10.8. The summed E-state index contributed by atoms with van der Waals surface area (Å²) in [5, 5.41) is 32.7. The van der Waals surface area contributed by atoms with Crippen LogP contribution in [-0.4, -0.2) is 61.8 Å². The molecule has 0 amide bonds. The maximum absolute atomic E-state index is 10.1. The van der Waals surface area contributed by atoms with E-state index in [0.717, 1.165) is 5.39 Å². The molecule has 0 bridgehead atoms. The number of nitrogens with one attached hydrogen (secondary N) is 1. The summed E-state index contributed by atoms with van der Waals surface area (Å²) in [5.74, 6) is 0.667. The highest BCUT2D eigenvalue weighted by Crippen LogP contribution is 2.32. The fourth-order valence-corrected chi connectivity index (χ4v) is 2.49. The number of fused-ring (bicyclic) bond motifs is 1. The molecule has 3 rings (SSSR count). The topological polar surface area (TPSA) is 113 Å². The minimum absolute atomic E-state index is 0.356. The van der Waals surface area contributed by atoms with Crippen LogP contribution in [0.1, 0.15) is 6.23 Å². The molecule has 1 saturated heterocycles. The molecule has 0 aromatic carbocycles.